The number of nitro benzene ring substituents is 1. The largest absolute Gasteiger partial charge is 0.398 e. The number of ketones is 1. The number of nitrogens with zero attached hydrogens (tertiary/aromatic N) is 1. The molecule has 1 aromatic carbocycles. The first kappa shape index (κ1) is 12.6. The fourth-order valence-electron chi connectivity index (χ4n) is 0.958. The predicted octanol–water partition coefficient (Wildman–Crippen LogP) is 1.44. The van der Waals surface area contributed by atoms with Crippen molar-refractivity contribution in [1.82, 2.24) is 0 Å². The van der Waals surface area contributed by atoms with E-state index in [0.717, 1.165) is 0 Å². The highest BCUT2D eigenvalue weighted by atomic mass is 16.7. The monoisotopic (exact) mass is 238 g/mol. The molecule has 0 unspecified atom stereocenters. The first-order valence-electron chi connectivity index (χ1n) is 4.79. The number of nitro groups is 1. The summed E-state index contributed by atoms with van der Waals surface area (Å²) < 4.78 is 0. The number of anilines is 1. The zero-order valence-corrected chi connectivity index (χ0v) is 9.00. The summed E-state index contributed by atoms with van der Waals surface area (Å²) >= 11 is 0. The number of non-ortho nitro benzene ring substituents is 1. The summed E-state index contributed by atoms with van der Waals surface area (Å²) in [5.41, 5.74) is 2.50. The number of benzene rings is 1. The van der Waals surface area contributed by atoms with Gasteiger partial charge in [-0.15, -0.1) is 0 Å². The van der Waals surface area contributed by atoms with Crippen LogP contribution in [-0.4, -0.2) is 16.7 Å². The Bertz CT molecular complexity index is 441. The molecule has 0 saturated heterocycles. The summed E-state index contributed by atoms with van der Waals surface area (Å²) in [5.74, 6) is -1.65. The molecule has 0 spiro atoms. The molecule has 0 radical (unpaired) electrons. The van der Waals surface area contributed by atoms with E-state index in [1.807, 2.05) is 0 Å². The van der Waals surface area contributed by atoms with E-state index in [-0.39, 0.29) is 12.1 Å². The molecule has 0 fully saturated rings. The Morgan fingerprint density at radius 1 is 1.35 bits per heavy atom. The average molecular weight is 238 g/mol. The van der Waals surface area contributed by atoms with E-state index in [1.165, 1.54) is 31.2 Å². The highest BCUT2D eigenvalue weighted by Gasteiger charge is 2.13. The number of hydrogen-bond acceptors (Lipinski definition) is 6. The van der Waals surface area contributed by atoms with Gasteiger partial charge in [-0.25, -0.2) is 10.3 Å². The van der Waals surface area contributed by atoms with E-state index in [2.05, 4.69) is 10.3 Å². The molecule has 7 heteroatoms. The molecule has 1 N–H and O–H groups in total. The standard InChI is InChI=1S/C10H10N2O5/c1-2-9(13)10(14)17-11-7-3-5-8(6-4-7)12(15)16/h3-6,11H,2H2,1H3. The first-order chi connectivity index (χ1) is 8.04. The molecule has 0 aliphatic carbocycles. The van der Waals surface area contributed by atoms with Crippen LogP contribution >= 0.6 is 0 Å². The summed E-state index contributed by atoms with van der Waals surface area (Å²) in [7, 11) is 0. The predicted molar refractivity (Wildman–Crippen MR) is 58.1 cm³/mol. The van der Waals surface area contributed by atoms with Crippen molar-refractivity contribution in [3.05, 3.63) is 34.4 Å². The van der Waals surface area contributed by atoms with Crippen molar-refractivity contribution in [2.75, 3.05) is 5.48 Å². The Hall–Kier alpha value is -2.44. The lowest BCUT2D eigenvalue weighted by Crippen LogP contribution is -2.19. The van der Waals surface area contributed by atoms with Gasteiger partial charge in [0.05, 0.1) is 10.6 Å². The van der Waals surface area contributed by atoms with Crippen LogP contribution in [0.5, 0.6) is 0 Å². The van der Waals surface area contributed by atoms with Crippen molar-refractivity contribution in [3.8, 4) is 0 Å². The smallest absolute Gasteiger partial charge is 0.335 e. The summed E-state index contributed by atoms with van der Waals surface area (Å²) in [5, 5.41) is 10.4. The van der Waals surface area contributed by atoms with Crippen LogP contribution in [0.1, 0.15) is 13.3 Å². The van der Waals surface area contributed by atoms with Crippen molar-refractivity contribution >= 4 is 23.1 Å². The molecule has 0 heterocycles. The minimum atomic E-state index is -0.995. The van der Waals surface area contributed by atoms with Gasteiger partial charge in [-0.3, -0.25) is 14.9 Å². The number of Topliss-reactive ketones (excluding diaryl/α,β-unsaturated/α-hetero) is 1. The van der Waals surface area contributed by atoms with Gasteiger partial charge in [0.2, 0.25) is 5.78 Å². The van der Waals surface area contributed by atoms with Gasteiger partial charge in [0.15, 0.2) is 0 Å². The first-order valence-corrected chi connectivity index (χ1v) is 4.79. The van der Waals surface area contributed by atoms with Crippen molar-refractivity contribution in [1.29, 1.82) is 0 Å². The number of rotatable bonds is 5. The molecule has 1 aromatic rings. The van der Waals surface area contributed by atoms with Crippen molar-refractivity contribution in [2.24, 2.45) is 0 Å². The van der Waals surface area contributed by atoms with Crippen molar-refractivity contribution in [2.45, 2.75) is 13.3 Å². The second-order valence-corrected chi connectivity index (χ2v) is 3.07. The lowest BCUT2D eigenvalue weighted by atomic mass is 10.3. The van der Waals surface area contributed by atoms with Crippen LogP contribution < -0.4 is 5.48 Å². The van der Waals surface area contributed by atoms with E-state index in [9.17, 15) is 19.7 Å². The van der Waals surface area contributed by atoms with E-state index >= 15 is 0 Å². The second kappa shape index (κ2) is 5.59. The molecule has 0 aliphatic rings. The lowest BCUT2D eigenvalue weighted by molar-refractivity contribution is -0.384. The molecule has 0 aliphatic heterocycles. The van der Waals surface area contributed by atoms with Gasteiger partial charge in [0.25, 0.3) is 5.69 Å². The fraction of sp³-hybridized carbons (Fsp3) is 0.200. The summed E-state index contributed by atoms with van der Waals surface area (Å²) in [6.07, 6.45) is 0.0563. The molecular formula is C10H10N2O5. The topological polar surface area (TPSA) is 98.5 Å². The van der Waals surface area contributed by atoms with Gasteiger partial charge >= 0.3 is 5.97 Å². The van der Waals surface area contributed by atoms with E-state index in [4.69, 9.17) is 0 Å². The van der Waals surface area contributed by atoms with Gasteiger partial charge in [-0.2, -0.15) is 0 Å². The van der Waals surface area contributed by atoms with E-state index in [1.54, 1.807) is 0 Å². The highest BCUT2D eigenvalue weighted by Crippen LogP contribution is 2.15. The van der Waals surface area contributed by atoms with E-state index in [0.29, 0.717) is 5.69 Å². The minimum Gasteiger partial charge on any atom is -0.335 e. The molecule has 0 saturated carbocycles. The van der Waals surface area contributed by atoms with Gasteiger partial charge in [-0.05, 0) is 12.1 Å². The third-order valence-electron chi connectivity index (χ3n) is 1.89. The number of carbonyl (C=O) groups is 2. The maximum atomic E-state index is 11.0. The summed E-state index contributed by atoms with van der Waals surface area (Å²) in [6.45, 7) is 1.54. The molecule has 0 bridgehead atoms. The third kappa shape index (κ3) is 3.56. The van der Waals surface area contributed by atoms with Gasteiger partial charge in [-0.1, -0.05) is 6.92 Å². The quantitative estimate of drug-likeness (QED) is 0.473. The van der Waals surface area contributed by atoms with Gasteiger partial charge in [0, 0.05) is 18.6 Å². The van der Waals surface area contributed by atoms with Crippen LogP contribution in [0.2, 0.25) is 0 Å². The molecule has 0 atom stereocenters. The minimum absolute atomic E-state index is 0.0563. The number of carbonyl (C=O) groups excluding carboxylic acids is 2. The SMILES string of the molecule is CCC(=O)C(=O)ONc1ccc([N+](=O)[O-])cc1. The van der Waals surface area contributed by atoms with Crippen molar-refractivity contribution < 1.29 is 19.3 Å². The van der Waals surface area contributed by atoms with Crippen LogP contribution in [-0.2, 0) is 14.4 Å². The Balaban J connectivity index is 2.56. The average Bonchev–Trinajstić information content (AvgIpc) is 2.35. The Morgan fingerprint density at radius 2 is 1.94 bits per heavy atom. The Morgan fingerprint density at radius 3 is 2.41 bits per heavy atom. The fourth-order valence-corrected chi connectivity index (χ4v) is 0.958. The third-order valence-corrected chi connectivity index (χ3v) is 1.89. The molecule has 90 valence electrons. The van der Waals surface area contributed by atoms with Crippen LogP contribution in [0.15, 0.2) is 24.3 Å². The molecule has 1 rings (SSSR count). The molecule has 0 aromatic heterocycles. The molecule has 17 heavy (non-hydrogen) atoms. The lowest BCUT2D eigenvalue weighted by Gasteiger charge is -2.04. The van der Waals surface area contributed by atoms with E-state index < -0.39 is 16.7 Å². The maximum absolute atomic E-state index is 11.0. The highest BCUT2D eigenvalue weighted by molar-refractivity contribution is 6.33. The van der Waals surface area contributed by atoms with Gasteiger partial charge < -0.3 is 4.84 Å². The molecular weight excluding hydrogens is 228 g/mol. The zero-order valence-electron chi connectivity index (χ0n) is 9.00. The second-order valence-electron chi connectivity index (χ2n) is 3.07. The summed E-state index contributed by atoms with van der Waals surface area (Å²) in [4.78, 5) is 36.1. The van der Waals surface area contributed by atoms with Crippen LogP contribution in [0, 0.1) is 10.1 Å². The molecule has 0 amide bonds. The van der Waals surface area contributed by atoms with Crippen LogP contribution in [0.3, 0.4) is 0 Å². The number of nitrogens with one attached hydrogen (secondary N) is 1. The van der Waals surface area contributed by atoms with Crippen LogP contribution in [0.4, 0.5) is 11.4 Å². The zero-order chi connectivity index (χ0) is 12.8. The van der Waals surface area contributed by atoms with Gasteiger partial charge in [0.1, 0.15) is 0 Å². The van der Waals surface area contributed by atoms with Crippen LogP contribution in [0.25, 0.3) is 0 Å². The van der Waals surface area contributed by atoms with Crippen molar-refractivity contribution in [3.63, 3.8) is 0 Å². The maximum Gasteiger partial charge on any atom is 0.398 e. The Kier molecular flexibility index (Phi) is 4.15. The summed E-state index contributed by atoms with van der Waals surface area (Å²) in [6, 6.07) is 5.22. The molecule has 7 nitrogen and oxygen atoms in total. The Labute approximate surface area is 96.5 Å². The number of hydrogen-bond donors (Lipinski definition) is 1. The normalized spacial score (nSPS) is 9.47.